The van der Waals surface area contributed by atoms with Gasteiger partial charge in [-0.05, 0) is 69.5 Å². The Hall–Kier alpha value is -1.75. The highest BCUT2D eigenvalue weighted by Gasteiger charge is 2.23. The third kappa shape index (κ3) is 3.83. The molecule has 136 valence electrons. The van der Waals surface area contributed by atoms with Crippen LogP contribution in [-0.4, -0.2) is 35.0 Å². The normalized spacial score (nSPS) is 15.8. The van der Waals surface area contributed by atoms with E-state index in [0.29, 0.717) is 5.02 Å². The van der Waals surface area contributed by atoms with Gasteiger partial charge in [-0.3, -0.25) is 4.98 Å². The Balaban J connectivity index is 1.60. The molecule has 4 rings (SSSR count). The summed E-state index contributed by atoms with van der Waals surface area (Å²) in [5, 5.41) is 1.74. The maximum Gasteiger partial charge on any atom is 0.0940 e. The molecule has 0 spiro atoms. The number of hydrogen-bond donors (Lipinski definition) is 1. The van der Waals surface area contributed by atoms with E-state index < -0.39 is 0 Å². The zero-order valence-electron chi connectivity index (χ0n) is 15.2. The fourth-order valence-corrected chi connectivity index (χ4v) is 3.88. The lowest BCUT2D eigenvalue weighted by Crippen LogP contribution is -2.23. The van der Waals surface area contributed by atoms with Crippen molar-refractivity contribution in [3.63, 3.8) is 0 Å². The first-order valence-corrected chi connectivity index (χ1v) is 9.77. The van der Waals surface area contributed by atoms with Gasteiger partial charge >= 0.3 is 0 Å². The van der Waals surface area contributed by atoms with Gasteiger partial charge < -0.3 is 10.6 Å². The standard InChI is InChI=1S/C21H25ClN4/c1-26(13-14-6-7-14)11-3-4-17(23)20-16-9-8-15(22)12-19(16)25-18-5-2-10-24-21(18)20/h2,5,8-10,12,14,17H,3-4,6-7,11,13,23H2,1H3. The van der Waals surface area contributed by atoms with E-state index in [1.807, 2.05) is 36.5 Å². The van der Waals surface area contributed by atoms with Crippen molar-refractivity contribution in [1.29, 1.82) is 0 Å². The molecule has 1 unspecified atom stereocenters. The van der Waals surface area contributed by atoms with Gasteiger partial charge in [0.05, 0.1) is 16.6 Å². The van der Waals surface area contributed by atoms with Crippen molar-refractivity contribution < 1.29 is 0 Å². The van der Waals surface area contributed by atoms with Crippen LogP contribution in [0.15, 0.2) is 36.5 Å². The molecule has 0 aliphatic heterocycles. The van der Waals surface area contributed by atoms with E-state index in [1.165, 1.54) is 19.4 Å². The predicted octanol–water partition coefficient (Wildman–Crippen LogP) is 4.56. The molecule has 0 saturated heterocycles. The van der Waals surface area contributed by atoms with Gasteiger partial charge in [0.2, 0.25) is 0 Å². The highest BCUT2D eigenvalue weighted by Crippen LogP contribution is 2.32. The molecular weight excluding hydrogens is 344 g/mol. The molecule has 5 heteroatoms. The van der Waals surface area contributed by atoms with Crippen LogP contribution in [0.1, 0.15) is 37.3 Å². The quantitative estimate of drug-likeness (QED) is 0.621. The lowest BCUT2D eigenvalue weighted by Gasteiger charge is -2.20. The van der Waals surface area contributed by atoms with E-state index in [2.05, 4.69) is 16.9 Å². The van der Waals surface area contributed by atoms with Gasteiger partial charge in [-0.25, -0.2) is 4.98 Å². The summed E-state index contributed by atoms with van der Waals surface area (Å²) in [5.41, 5.74) is 10.4. The Morgan fingerprint density at radius 1 is 1.27 bits per heavy atom. The van der Waals surface area contributed by atoms with E-state index in [1.54, 1.807) is 0 Å². The molecule has 2 aromatic heterocycles. The molecule has 26 heavy (non-hydrogen) atoms. The minimum absolute atomic E-state index is 0.0617. The molecule has 0 bridgehead atoms. The van der Waals surface area contributed by atoms with Crippen LogP contribution in [0, 0.1) is 5.92 Å². The minimum Gasteiger partial charge on any atom is -0.324 e. The van der Waals surface area contributed by atoms with Gasteiger partial charge in [-0.2, -0.15) is 0 Å². The summed E-state index contributed by atoms with van der Waals surface area (Å²) in [5.74, 6) is 0.927. The van der Waals surface area contributed by atoms with E-state index in [9.17, 15) is 0 Å². The maximum atomic E-state index is 6.65. The van der Waals surface area contributed by atoms with Gasteiger partial charge in [0.25, 0.3) is 0 Å². The zero-order chi connectivity index (χ0) is 18.1. The summed E-state index contributed by atoms with van der Waals surface area (Å²) < 4.78 is 0. The molecular formula is C21H25ClN4. The van der Waals surface area contributed by atoms with Crippen molar-refractivity contribution in [2.24, 2.45) is 11.7 Å². The second-order valence-electron chi connectivity index (χ2n) is 7.51. The van der Waals surface area contributed by atoms with Crippen molar-refractivity contribution in [1.82, 2.24) is 14.9 Å². The van der Waals surface area contributed by atoms with Crippen LogP contribution in [0.3, 0.4) is 0 Å². The number of nitrogens with zero attached hydrogens (tertiary/aromatic N) is 3. The van der Waals surface area contributed by atoms with Crippen LogP contribution >= 0.6 is 11.6 Å². The van der Waals surface area contributed by atoms with Crippen LogP contribution in [-0.2, 0) is 0 Å². The molecule has 4 nitrogen and oxygen atoms in total. The zero-order valence-corrected chi connectivity index (χ0v) is 15.9. The first-order chi connectivity index (χ1) is 12.6. The number of halogens is 1. The molecule has 1 saturated carbocycles. The Morgan fingerprint density at radius 2 is 2.12 bits per heavy atom. The van der Waals surface area contributed by atoms with Gasteiger partial charge in [0.15, 0.2) is 0 Å². The Bertz CT molecular complexity index is 922. The van der Waals surface area contributed by atoms with Gasteiger partial charge in [-0.15, -0.1) is 0 Å². The summed E-state index contributed by atoms with van der Waals surface area (Å²) in [4.78, 5) is 11.7. The average molecular weight is 369 g/mol. The lowest BCUT2D eigenvalue weighted by molar-refractivity contribution is 0.309. The van der Waals surface area contributed by atoms with Crippen LogP contribution in [0.4, 0.5) is 0 Å². The Kier molecular flexibility index (Phi) is 5.07. The van der Waals surface area contributed by atoms with E-state index in [4.69, 9.17) is 22.3 Å². The number of fused-ring (bicyclic) bond motifs is 2. The molecule has 3 aromatic rings. The molecule has 1 aliphatic rings. The van der Waals surface area contributed by atoms with Gasteiger partial charge in [-0.1, -0.05) is 17.7 Å². The highest BCUT2D eigenvalue weighted by molar-refractivity contribution is 6.31. The first kappa shape index (κ1) is 17.7. The van der Waals surface area contributed by atoms with Crippen molar-refractivity contribution in [3.05, 3.63) is 47.1 Å². The van der Waals surface area contributed by atoms with Crippen LogP contribution in [0.2, 0.25) is 5.02 Å². The van der Waals surface area contributed by atoms with E-state index in [0.717, 1.165) is 52.8 Å². The van der Waals surface area contributed by atoms with Gasteiger partial charge in [0.1, 0.15) is 0 Å². The third-order valence-electron chi connectivity index (χ3n) is 5.22. The molecule has 2 N–H and O–H groups in total. The third-order valence-corrected chi connectivity index (χ3v) is 5.46. The first-order valence-electron chi connectivity index (χ1n) is 9.40. The minimum atomic E-state index is -0.0617. The summed E-state index contributed by atoms with van der Waals surface area (Å²) in [6.07, 6.45) is 6.62. The van der Waals surface area contributed by atoms with E-state index in [-0.39, 0.29) is 6.04 Å². The molecule has 0 radical (unpaired) electrons. The highest BCUT2D eigenvalue weighted by atomic mass is 35.5. The summed E-state index contributed by atoms with van der Waals surface area (Å²) in [6.45, 7) is 2.31. The molecule has 1 fully saturated rings. The fourth-order valence-electron chi connectivity index (χ4n) is 3.71. The monoisotopic (exact) mass is 368 g/mol. The number of benzene rings is 1. The summed E-state index contributed by atoms with van der Waals surface area (Å²) >= 11 is 6.17. The second-order valence-corrected chi connectivity index (χ2v) is 7.95. The molecule has 1 atom stereocenters. The number of nitrogens with two attached hydrogens (primary N) is 1. The van der Waals surface area contributed by atoms with Gasteiger partial charge in [0, 0.05) is 34.8 Å². The van der Waals surface area contributed by atoms with Crippen molar-refractivity contribution in [3.8, 4) is 0 Å². The SMILES string of the molecule is CN(CCCC(N)c1c2ccc(Cl)cc2nc2cccnc12)CC1CC1. The predicted molar refractivity (Wildman–Crippen MR) is 108 cm³/mol. The summed E-state index contributed by atoms with van der Waals surface area (Å²) in [6, 6.07) is 9.67. The topological polar surface area (TPSA) is 55.0 Å². The smallest absolute Gasteiger partial charge is 0.0940 e. The molecule has 1 aliphatic carbocycles. The maximum absolute atomic E-state index is 6.65. The van der Waals surface area contributed by atoms with Crippen molar-refractivity contribution in [2.45, 2.75) is 31.7 Å². The van der Waals surface area contributed by atoms with Crippen molar-refractivity contribution in [2.75, 3.05) is 20.1 Å². The largest absolute Gasteiger partial charge is 0.324 e. The molecule has 2 heterocycles. The van der Waals surface area contributed by atoms with Crippen LogP contribution in [0.5, 0.6) is 0 Å². The summed E-state index contributed by atoms with van der Waals surface area (Å²) in [7, 11) is 2.21. The Labute approximate surface area is 159 Å². The van der Waals surface area contributed by atoms with E-state index >= 15 is 0 Å². The average Bonchev–Trinajstić information content (AvgIpc) is 3.43. The molecule has 0 amide bonds. The Morgan fingerprint density at radius 3 is 2.92 bits per heavy atom. The number of hydrogen-bond acceptors (Lipinski definition) is 4. The van der Waals surface area contributed by atoms with Crippen LogP contribution < -0.4 is 5.73 Å². The number of rotatable bonds is 7. The second kappa shape index (κ2) is 7.47. The van der Waals surface area contributed by atoms with Crippen LogP contribution in [0.25, 0.3) is 21.9 Å². The number of pyridine rings is 2. The lowest BCUT2D eigenvalue weighted by atomic mass is 9.96. The number of aromatic nitrogens is 2. The fraction of sp³-hybridized carbons (Fsp3) is 0.429. The molecule has 1 aromatic carbocycles. The van der Waals surface area contributed by atoms with Crippen molar-refractivity contribution >= 4 is 33.5 Å².